The molecule has 2 aliphatic carbocycles. The number of carbonyl (C=O) groups excluding carboxylic acids is 3. The molecule has 0 saturated heterocycles. The monoisotopic (exact) mass is 218 g/mol. The first-order valence-corrected chi connectivity index (χ1v) is 5.44. The molecule has 0 N–H and O–H groups in total. The lowest BCUT2D eigenvalue weighted by Crippen LogP contribution is -2.52. The van der Waals surface area contributed by atoms with Gasteiger partial charge in [-0.25, -0.2) is 0 Å². The quantitative estimate of drug-likeness (QED) is 0.380. The molecule has 0 spiro atoms. The summed E-state index contributed by atoms with van der Waals surface area (Å²) in [6.07, 6.45) is 6.28. The Labute approximate surface area is 94.2 Å². The maximum atomic E-state index is 12.2. The standard InChI is InChI=1S/C13H14O3/c1-8-6-11(15)10-5-3-4-9(2)13(10,7-14)12(8)16/h3-4,6-7,9-10H,5H2,1-2H3/t9-,10-,13-/m0/s1. The van der Waals surface area contributed by atoms with Crippen molar-refractivity contribution in [2.75, 3.05) is 0 Å². The van der Waals surface area contributed by atoms with Gasteiger partial charge in [-0.15, -0.1) is 0 Å². The van der Waals surface area contributed by atoms with Gasteiger partial charge in [-0.3, -0.25) is 9.59 Å². The summed E-state index contributed by atoms with van der Waals surface area (Å²) in [6, 6.07) is 0. The SMILES string of the molecule is CC1=CC(=O)[C@@H]2CC=C[C@H](C)[C@]2(C=O)C1=O. The average Bonchev–Trinajstić information content (AvgIpc) is 2.26. The van der Waals surface area contributed by atoms with Crippen LogP contribution < -0.4 is 0 Å². The van der Waals surface area contributed by atoms with E-state index in [4.69, 9.17) is 0 Å². The zero-order chi connectivity index (χ0) is 11.9. The second-order valence-corrected chi connectivity index (χ2v) is 4.61. The Morgan fingerprint density at radius 3 is 2.75 bits per heavy atom. The molecule has 0 unspecified atom stereocenters. The van der Waals surface area contributed by atoms with Gasteiger partial charge in [0.15, 0.2) is 11.6 Å². The number of carbonyl (C=O) groups is 3. The van der Waals surface area contributed by atoms with Crippen LogP contribution in [0.4, 0.5) is 0 Å². The van der Waals surface area contributed by atoms with Crippen LogP contribution in [0.15, 0.2) is 23.8 Å². The van der Waals surface area contributed by atoms with Crippen molar-refractivity contribution in [3.8, 4) is 0 Å². The zero-order valence-electron chi connectivity index (χ0n) is 9.40. The maximum Gasteiger partial charge on any atom is 0.173 e. The van der Waals surface area contributed by atoms with Gasteiger partial charge in [0.1, 0.15) is 11.7 Å². The molecule has 84 valence electrons. The minimum atomic E-state index is -1.15. The molecule has 0 bridgehead atoms. The van der Waals surface area contributed by atoms with E-state index in [1.165, 1.54) is 6.08 Å². The van der Waals surface area contributed by atoms with E-state index in [0.717, 1.165) is 0 Å². The van der Waals surface area contributed by atoms with Gasteiger partial charge in [-0.05, 0) is 30.9 Å². The van der Waals surface area contributed by atoms with Crippen molar-refractivity contribution in [2.45, 2.75) is 20.3 Å². The summed E-state index contributed by atoms with van der Waals surface area (Å²) in [5, 5.41) is 0. The predicted octanol–water partition coefficient (Wildman–Crippen LogP) is 1.48. The first kappa shape index (κ1) is 11.0. The maximum absolute atomic E-state index is 12.2. The summed E-state index contributed by atoms with van der Waals surface area (Å²) in [5.41, 5.74) is -0.750. The molecule has 0 fully saturated rings. The Bertz CT molecular complexity index is 430. The molecule has 2 rings (SSSR count). The van der Waals surface area contributed by atoms with E-state index in [0.29, 0.717) is 18.3 Å². The highest BCUT2D eigenvalue weighted by molar-refractivity contribution is 6.18. The van der Waals surface area contributed by atoms with Crippen molar-refractivity contribution in [3.63, 3.8) is 0 Å². The number of hydrogen-bond acceptors (Lipinski definition) is 3. The van der Waals surface area contributed by atoms with Gasteiger partial charge >= 0.3 is 0 Å². The highest BCUT2D eigenvalue weighted by Gasteiger charge is 2.54. The van der Waals surface area contributed by atoms with Gasteiger partial charge in [0.05, 0.1) is 0 Å². The Hall–Kier alpha value is -1.51. The summed E-state index contributed by atoms with van der Waals surface area (Å²) >= 11 is 0. The molecule has 0 aromatic rings. The molecule has 0 aliphatic heterocycles. The second-order valence-electron chi connectivity index (χ2n) is 4.61. The van der Waals surface area contributed by atoms with E-state index in [9.17, 15) is 14.4 Å². The molecule has 16 heavy (non-hydrogen) atoms. The van der Waals surface area contributed by atoms with E-state index in [2.05, 4.69) is 0 Å². The third-order valence-electron chi connectivity index (χ3n) is 3.78. The molecule has 3 nitrogen and oxygen atoms in total. The smallest absolute Gasteiger partial charge is 0.173 e. The summed E-state index contributed by atoms with van der Waals surface area (Å²) in [5.74, 6) is -0.991. The fourth-order valence-electron chi connectivity index (χ4n) is 2.77. The second kappa shape index (κ2) is 3.51. The molecule has 0 radical (unpaired) electrons. The van der Waals surface area contributed by atoms with E-state index in [-0.39, 0.29) is 17.5 Å². The summed E-state index contributed by atoms with van der Waals surface area (Å²) in [4.78, 5) is 35.4. The third-order valence-corrected chi connectivity index (χ3v) is 3.78. The molecule has 0 heterocycles. The van der Waals surface area contributed by atoms with Gasteiger partial charge in [0.2, 0.25) is 0 Å². The molecule has 3 atom stereocenters. The van der Waals surface area contributed by atoms with Gasteiger partial charge in [-0.2, -0.15) is 0 Å². The first-order chi connectivity index (χ1) is 7.54. The highest BCUT2D eigenvalue weighted by atomic mass is 16.2. The van der Waals surface area contributed by atoms with E-state index in [1.54, 1.807) is 6.92 Å². The molecule has 3 heteroatoms. The first-order valence-electron chi connectivity index (χ1n) is 5.44. The van der Waals surface area contributed by atoms with Gasteiger partial charge in [-0.1, -0.05) is 19.1 Å². The third kappa shape index (κ3) is 1.17. The molecule has 0 saturated carbocycles. The van der Waals surface area contributed by atoms with Crippen LogP contribution in [0.5, 0.6) is 0 Å². The minimum Gasteiger partial charge on any atom is -0.302 e. The highest BCUT2D eigenvalue weighted by Crippen LogP contribution is 2.46. The molecule has 0 aromatic heterocycles. The van der Waals surface area contributed by atoms with Crippen molar-refractivity contribution in [2.24, 2.45) is 17.3 Å². The number of rotatable bonds is 1. The fourth-order valence-corrected chi connectivity index (χ4v) is 2.77. The number of Topliss-reactive ketones (excluding diaryl/α,β-unsaturated/α-hetero) is 1. The number of hydrogen-bond donors (Lipinski definition) is 0. The predicted molar refractivity (Wildman–Crippen MR) is 58.7 cm³/mol. The number of aldehydes is 1. The van der Waals surface area contributed by atoms with Crippen LogP contribution >= 0.6 is 0 Å². The average molecular weight is 218 g/mol. The molecule has 0 aromatic carbocycles. The molecule has 0 amide bonds. The van der Waals surface area contributed by atoms with Gasteiger partial charge in [0, 0.05) is 5.92 Å². The van der Waals surface area contributed by atoms with Crippen molar-refractivity contribution >= 4 is 17.9 Å². The Kier molecular flexibility index (Phi) is 2.41. The van der Waals surface area contributed by atoms with E-state index >= 15 is 0 Å². The zero-order valence-corrected chi connectivity index (χ0v) is 9.40. The fraction of sp³-hybridized carbons (Fsp3) is 0.462. The van der Waals surface area contributed by atoms with Gasteiger partial charge in [0.25, 0.3) is 0 Å². The van der Waals surface area contributed by atoms with Crippen LogP contribution in [0.2, 0.25) is 0 Å². The van der Waals surface area contributed by atoms with Crippen molar-refractivity contribution in [1.82, 2.24) is 0 Å². The number of ketones is 2. The summed E-state index contributed by atoms with van der Waals surface area (Å²) in [7, 11) is 0. The number of allylic oxidation sites excluding steroid dienone is 4. The van der Waals surface area contributed by atoms with Crippen molar-refractivity contribution in [1.29, 1.82) is 0 Å². The minimum absolute atomic E-state index is 0.0969. The summed E-state index contributed by atoms with van der Waals surface area (Å²) in [6.45, 7) is 3.42. The van der Waals surface area contributed by atoms with Crippen LogP contribution in [0.25, 0.3) is 0 Å². The Morgan fingerprint density at radius 1 is 1.44 bits per heavy atom. The van der Waals surface area contributed by atoms with Crippen LogP contribution in [-0.2, 0) is 14.4 Å². The van der Waals surface area contributed by atoms with E-state index in [1.807, 2.05) is 19.1 Å². The lowest BCUT2D eigenvalue weighted by atomic mass is 9.57. The normalized spacial score (nSPS) is 38.0. The molecule has 2 aliphatic rings. The van der Waals surface area contributed by atoms with Gasteiger partial charge < -0.3 is 4.79 Å². The summed E-state index contributed by atoms with van der Waals surface area (Å²) < 4.78 is 0. The lowest BCUT2D eigenvalue weighted by Gasteiger charge is -2.42. The number of fused-ring (bicyclic) bond motifs is 1. The molecular weight excluding hydrogens is 204 g/mol. The largest absolute Gasteiger partial charge is 0.302 e. The Morgan fingerprint density at radius 2 is 2.12 bits per heavy atom. The Balaban J connectivity index is 2.63. The van der Waals surface area contributed by atoms with Crippen LogP contribution in [0.3, 0.4) is 0 Å². The van der Waals surface area contributed by atoms with E-state index < -0.39 is 11.3 Å². The van der Waals surface area contributed by atoms with Crippen molar-refractivity contribution < 1.29 is 14.4 Å². The topological polar surface area (TPSA) is 51.2 Å². The van der Waals surface area contributed by atoms with Crippen LogP contribution in [0.1, 0.15) is 20.3 Å². The molecular formula is C13H14O3. The lowest BCUT2D eigenvalue weighted by molar-refractivity contribution is -0.145. The van der Waals surface area contributed by atoms with Crippen LogP contribution in [0, 0.1) is 17.3 Å². The van der Waals surface area contributed by atoms with Crippen molar-refractivity contribution in [3.05, 3.63) is 23.8 Å². The van der Waals surface area contributed by atoms with Crippen LogP contribution in [-0.4, -0.2) is 17.9 Å².